The van der Waals surface area contributed by atoms with E-state index >= 15 is 0 Å². The van der Waals surface area contributed by atoms with Gasteiger partial charge in [-0.3, -0.25) is 9.80 Å². The van der Waals surface area contributed by atoms with Crippen molar-refractivity contribution in [2.75, 3.05) is 52.0 Å². The standard InChI is InChI=1S/C18H26N2O5S/c1-19-4-5-20(15-12-26(21,22)11-14(15)19)10-13-8-17-18(9-16(13)23-2)25-7-3-6-24-17/h8-9,14-15H,3-7,10-12H2,1-2H3/t14-,15+/m0/s1. The van der Waals surface area contributed by atoms with Crippen molar-refractivity contribution in [3.8, 4) is 17.2 Å². The maximum absolute atomic E-state index is 12.2. The molecule has 3 aliphatic rings. The lowest BCUT2D eigenvalue weighted by Gasteiger charge is -2.42. The van der Waals surface area contributed by atoms with Crippen LogP contribution < -0.4 is 14.2 Å². The Hall–Kier alpha value is -1.51. The van der Waals surface area contributed by atoms with Crippen LogP contribution in [0.25, 0.3) is 0 Å². The van der Waals surface area contributed by atoms with Crippen LogP contribution in [0.3, 0.4) is 0 Å². The summed E-state index contributed by atoms with van der Waals surface area (Å²) in [5.41, 5.74) is 1.00. The molecule has 0 unspecified atom stereocenters. The number of hydrogen-bond acceptors (Lipinski definition) is 7. The average molecular weight is 382 g/mol. The van der Waals surface area contributed by atoms with Crippen LogP contribution in [-0.4, -0.2) is 82.3 Å². The second-order valence-electron chi connectivity index (χ2n) is 7.32. The maximum Gasteiger partial charge on any atom is 0.164 e. The molecule has 4 rings (SSSR count). The van der Waals surface area contributed by atoms with Gasteiger partial charge < -0.3 is 14.2 Å². The Labute approximate surface area is 154 Å². The lowest BCUT2D eigenvalue weighted by atomic mass is 10.0. The molecular formula is C18H26N2O5S. The number of hydrogen-bond donors (Lipinski definition) is 0. The Bertz CT molecular complexity index is 782. The number of fused-ring (bicyclic) bond motifs is 2. The zero-order valence-electron chi connectivity index (χ0n) is 15.3. The van der Waals surface area contributed by atoms with E-state index in [9.17, 15) is 8.42 Å². The Kier molecular flexibility index (Phi) is 4.75. The molecule has 0 saturated carbocycles. The zero-order valence-corrected chi connectivity index (χ0v) is 16.1. The molecule has 8 heteroatoms. The largest absolute Gasteiger partial charge is 0.496 e. The molecular weight excluding hydrogens is 356 g/mol. The first-order chi connectivity index (χ1) is 12.5. The van der Waals surface area contributed by atoms with E-state index in [4.69, 9.17) is 14.2 Å². The summed E-state index contributed by atoms with van der Waals surface area (Å²) < 4.78 is 41.5. The number of rotatable bonds is 3. The number of sulfone groups is 1. The molecule has 7 nitrogen and oxygen atoms in total. The summed E-state index contributed by atoms with van der Waals surface area (Å²) in [5, 5.41) is 0. The first kappa shape index (κ1) is 17.9. The van der Waals surface area contributed by atoms with Crippen LogP contribution in [0.15, 0.2) is 12.1 Å². The van der Waals surface area contributed by atoms with E-state index in [0.29, 0.717) is 25.5 Å². The number of benzene rings is 1. The van der Waals surface area contributed by atoms with E-state index in [1.807, 2.05) is 19.2 Å². The molecule has 0 spiro atoms. The van der Waals surface area contributed by atoms with Crippen LogP contribution in [0, 0.1) is 0 Å². The molecule has 3 aliphatic heterocycles. The predicted octanol–water partition coefficient (Wildman–Crippen LogP) is 0.770. The van der Waals surface area contributed by atoms with Gasteiger partial charge in [0, 0.05) is 49.8 Å². The molecule has 2 saturated heterocycles. The third kappa shape index (κ3) is 3.37. The molecule has 2 atom stereocenters. The topological polar surface area (TPSA) is 68.3 Å². The molecule has 0 amide bonds. The van der Waals surface area contributed by atoms with E-state index in [1.165, 1.54) is 0 Å². The molecule has 26 heavy (non-hydrogen) atoms. The van der Waals surface area contributed by atoms with Gasteiger partial charge in [0.2, 0.25) is 0 Å². The number of likely N-dealkylation sites (N-methyl/N-ethyl adjacent to an activating group) is 1. The van der Waals surface area contributed by atoms with Gasteiger partial charge in [-0.25, -0.2) is 8.42 Å². The number of methoxy groups -OCH3 is 1. The van der Waals surface area contributed by atoms with Crippen molar-refractivity contribution in [1.82, 2.24) is 9.80 Å². The highest BCUT2D eigenvalue weighted by Gasteiger charge is 2.45. The van der Waals surface area contributed by atoms with Crippen LogP contribution >= 0.6 is 0 Å². The second kappa shape index (κ2) is 6.90. The highest BCUT2D eigenvalue weighted by atomic mass is 32.2. The highest BCUT2D eigenvalue weighted by Crippen LogP contribution is 2.38. The van der Waals surface area contributed by atoms with E-state index in [-0.39, 0.29) is 23.6 Å². The first-order valence-electron chi connectivity index (χ1n) is 9.08. The summed E-state index contributed by atoms with van der Waals surface area (Å²) in [6.45, 7) is 3.62. The van der Waals surface area contributed by atoms with E-state index in [0.717, 1.165) is 36.6 Å². The van der Waals surface area contributed by atoms with Gasteiger partial charge >= 0.3 is 0 Å². The highest BCUT2D eigenvalue weighted by molar-refractivity contribution is 7.91. The van der Waals surface area contributed by atoms with E-state index < -0.39 is 9.84 Å². The summed E-state index contributed by atoms with van der Waals surface area (Å²) in [6.07, 6.45) is 0.854. The van der Waals surface area contributed by atoms with Crippen LogP contribution in [0.5, 0.6) is 17.2 Å². The molecule has 0 radical (unpaired) electrons. The molecule has 1 aromatic carbocycles. The van der Waals surface area contributed by atoms with Crippen molar-refractivity contribution in [2.45, 2.75) is 25.0 Å². The van der Waals surface area contributed by atoms with Crippen LogP contribution in [0.4, 0.5) is 0 Å². The van der Waals surface area contributed by atoms with Gasteiger partial charge in [-0.2, -0.15) is 0 Å². The van der Waals surface area contributed by atoms with Crippen LogP contribution in [0.1, 0.15) is 12.0 Å². The average Bonchev–Trinajstić information content (AvgIpc) is 2.78. The van der Waals surface area contributed by atoms with Gasteiger partial charge in [-0.15, -0.1) is 0 Å². The minimum atomic E-state index is -2.98. The zero-order chi connectivity index (χ0) is 18.3. The maximum atomic E-state index is 12.2. The Morgan fingerprint density at radius 2 is 1.81 bits per heavy atom. The molecule has 144 valence electrons. The van der Waals surface area contributed by atoms with Gasteiger partial charge in [-0.05, 0) is 13.1 Å². The number of nitrogens with zero attached hydrogens (tertiary/aromatic N) is 2. The molecule has 0 aliphatic carbocycles. The lowest BCUT2D eigenvalue weighted by Crippen LogP contribution is -2.57. The summed E-state index contributed by atoms with van der Waals surface area (Å²) in [4.78, 5) is 4.45. The van der Waals surface area contributed by atoms with E-state index in [1.54, 1.807) is 7.11 Å². The van der Waals surface area contributed by atoms with Gasteiger partial charge in [0.05, 0.1) is 31.8 Å². The number of piperazine rings is 1. The van der Waals surface area contributed by atoms with Gasteiger partial charge in [-0.1, -0.05) is 0 Å². The molecule has 0 N–H and O–H groups in total. The molecule has 1 aromatic rings. The Morgan fingerprint density at radius 3 is 2.54 bits per heavy atom. The van der Waals surface area contributed by atoms with E-state index in [2.05, 4.69) is 9.80 Å². The minimum absolute atomic E-state index is 0.0273. The van der Waals surface area contributed by atoms with Crippen LogP contribution in [0.2, 0.25) is 0 Å². The number of ether oxygens (including phenoxy) is 3. The fraction of sp³-hybridized carbons (Fsp3) is 0.667. The van der Waals surface area contributed by atoms with Crippen molar-refractivity contribution in [3.05, 3.63) is 17.7 Å². The van der Waals surface area contributed by atoms with Gasteiger partial charge in [0.1, 0.15) is 5.75 Å². The quantitative estimate of drug-likeness (QED) is 0.765. The SMILES string of the molecule is COc1cc2c(cc1CN1CCN(C)[C@H]3CS(=O)(=O)C[C@H]31)OCCCO2. The second-order valence-corrected chi connectivity index (χ2v) is 9.48. The molecule has 2 fully saturated rings. The fourth-order valence-corrected chi connectivity index (χ4v) is 6.25. The third-order valence-corrected chi connectivity index (χ3v) is 7.29. The van der Waals surface area contributed by atoms with Crippen molar-refractivity contribution >= 4 is 9.84 Å². The fourth-order valence-electron chi connectivity index (χ4n) is 4.16. The summed E-state index contributed by atoms with van der Waals surface area (Å²) in [5.74, 6) is 2.69. The first-order valence-corrected chi connectivity index (χ1v) is 10.9. The summed E-state index contributed by atoms with van der Waals surface area (Å²) >= 11 is 0. The minimum Gasteiger partial charge on any atom is -0.496 e. The Balaban J connectivity index is 1.61. The van der Waals surface area contributed by atoms with Crippen LogP contribution in [-0.2, 0) is 16.4 Å². The monoisotopic (exact) mass is 382 g/mol. The summed E-state index contributed by atoms with van der Waals surface area (Å²) in [7, 11) is 0.685. The van der Waals surface area contributed by atoms with Crippen molar-refractivity contribution in [3.63, 3.8) is 0 Å². The normalized spacial score (nSPS) is 28.4. The van der Waals surface area contributed by atoms with Crippen molar-refractivity contribution in [1.29, 1.82) is 0 Å². The van der Waals surface area contributed by atoms with Gasteiger partial charge in [0.15, 0.2) is 21.3 Å². The Morgan fingerprint density at radius 1 is 1.12 bits per heavy atom. The summed E-state index contributed by atoms with van der Waals surface area (Å²) in [6, 6.07) is 3.96. The molecule has 3 heterocycles. The molecule has 0 bridgehead atoms. The predicted molar refractivity (Wildman–Crippen MR) is 97.9 cm³/mol. The van der Waals surface area contributed by atoms with Gasteiger partial charge in [0.25, 0.3) is 0 Å². The third-order valence-electron chi connectivity index (χ3n) is 5.59. The smallest absolute Gasteiger partial charge is 0.164 e. The lowest BCUT2D eigenvalue weighted by molar-refractivity contribution is 0.0567. The van der Waals surface area contributed by atoms with Crippen molar-refractivity contribution < 1.29 is 22.6 Å². The molecule has 0 aromatic heterocycles. The van der Waals surface area contributed by atoms with Crippen molar-refractivity contribution in [2.24, 2.45) is 0 Å².